The molecule has 2 aromatic rings. The molecule has 0 unspecified atom stereocenters. The number of rotatable bonds is 6. The van der Waals surface area contributed by atoms with E-state index >= 15 is 0 Å². The summed E-state index contributed by atoms with van der Waals surface area (Å²) in [5, 5.41) is 14.6. The van der Waals surface area contributed by atoms with Crippen molar-refractivity contribution in [3.8, 4) is 0 Å². The van der Waals surface area contributed by atoms with Gasteiger partial charge in [-0.25, -0.2) is 0 Å². The number of fused-ring (bicyclic) bond motifs is 1. The molecule has 100 valence electrons. The molecule has 2 rings (SSSR count). The molecule has 1 heterocycles. The van der Waals surface area contributed by atoms with Crippen LogP contribution in [-0.2, 0) is 11.2 Å². The number of aromatic nitrogens is 1. The number of ketones is 1. The number of Topliss-reactive ketones (excluding diaryl/α,β-unsaturated/α-hetero) is 1. The third-order valence-electron chi connectivity index (χ3n) is 2.91. The van der Waals surface area contributed by atoms with Gasteiger partial charge in [0, 0.05) is 29.2 Å². The van der Waals surface area contributed by atoms with Gasteiger partial charge in [0.2, 0.25) is 0 Å². The molecule has 0 aliphatic rings. The van der Waals surface area contributed by atoms with Crippen molar-refractivity contribution in [3.05, 3.63) is 40.1 Å². The summed E-state index contributed by atoms with van der Waals surface area (Å²) in [5.41, 5.74) is 1.98. The van der Waals surface area contributed by atoms with Gasteiger partial charge in [-0.05, 0) is 31.5 Å². The molecule has 0 aliphatic carbocycles. The number of H-pyrrole nitrogens is 1. The lowest BCUT2D eigenvalue weighted by Crippen LogP contribution is -2.23. The predicted octanol–water partition coefficient (Wildman–Crippen LogP) is 1.80. The lowest BCUT2D eigenvalue weighted by atomic mass is 10.1. The third-order valence-corrected chi connectivity index (χ3v) is 2.91. The van der Waals surface area contributed by atoms with Gasteiger partial charge in [-0.15, -0.1) is 0 Å². The molecule has 2 N–H and O–H groups in total. The first kappa shape index (κ1) is 13.2. The first-order chi connectivity index (χ1) is 9.08. The maximum Gasteiger partial charge on any atom is 0.270 e. The molecule has 1 aromatic heterocycles. The highest BCUT2D eigenvalue weighted by Crippen LogP contribution is 2.23. The molecule has 0 spiro atoms. The minimum atomic E-state index is -0.399. The molecule has 0 bridgehead atoms. The van der Waals surface area contributed by atoms with E-state index in [1.165, 1.54) is 13.0 Å². The van der Waals surface area contributed by atoms with Gasteiger partial charge in [0.05, 0.1) is 11.5 Å². The van der Waals surface area contributed by atoms with Crippen LogP contribution in [0.5, 0.6) is 0 Å². The summed E-state index contributed by atoms with van der Waals surface area (Å²) in [6.45, 7) is 2.54. The van der Waals surface area contributed by atoms with Gasteiger partial charge in [0.1, 0.15) is 5.78 Å². The van der Waals surface area contributed by atoms with E-state index in [-0.39, 0.29) is 11.5 Å². The zero-order valence-corrected chi connectivity index (χ0v) is 10.6. The van der Waals surface area contributed by atoms with Crippen LogP contribution in [0.3, 0.4) is 0 Å². The van der Waals surface area contributed by atoms with Gasteiger partial charge in [-0.1, -0.05) is 0 Å². The number of nitrogens with zero attached hydrogens (tertiary/aromatic N) is 1. The smallest absolute Gasteiger partial charge is 0.270 e. The molecule has 19 heavy (non-hydrogen) atoms. The number of non-ortho nitro benzene ring substituents is 1. The summed E-state index contributed by atoms with van der Waals surface area (Å²) in [5.74, 6) is 0.0922. The Morgan fingerprint density at radius 1 is 1.47 bits per heavy atom. The Morgan fingerprint density at radius 2 is 2.26 bits per heavy atom. The van der Waals surface area contributed by atoms with Crippen molar-refractivity contribution in [3.63, 3.8) is 0 Å². The summed E-state index contributed by atoms with van der Waals surface area (Å²) >= 11 is 0. The highest BCUT2D eigenvalue weighted by molar-refractivity contribution is 5.85. The van der Waals surface area contributed by atoms with E-state index in [4.69, 9.17) is 0 Å². The Labute approximate surface area is 110 Å². The van der Waals surface area contributed by atoms with Crippen molar-refractivity contribution >= 4 is 22.4 Å². The molecule has 0 amide bonds. The second kappa shape index (κ2) is 5.62. The second-order valence-electron chi connectivity index (χ2n) is 4.43. The van der Waals surface area contributed by atoms with Crippen molar-refractivity contribution in [1.29, 1.82) is 0 Å². The number of nitro benzene ring substituents is 1. The maximum absolute atomic E-state index is 10.8. The van der Waals surface area contributed by atoms with Crippen LogP contribution in [0.15, 0.2) is 24.4 Å². The lowest BCUT2D eigenvalue weighted by Gasteiger charge is -2.01. The van der Waals surface area contributed by atoms with Gasteiger partial charge >= 0.3 is 0 Å². The monoisotopic (exact) mass is 261 g/mol. The molecule has 1 aromatic carbocycles. The molecular weight excluding hydrogens is 246 g/mol. The number of nitrogens with one attached hydrogen (secondary N) is 2. The molecule has 6 heteroatoms. The van der Waals surface area contributed by atoms with Gasteiger partial charge in [0.25, 0.3) is 5.69 Å². The Balaban J connectivity index is 2.12. The van der Waals surface area contributed by atoms with Crippen molar-refractivity contribution in [2.75, 3.05) is 13.1 Å². The summed E-state index contributed by atoms with van der Waals surface area (Å²) in [6.07, 6.45) is 2.57. The van der Waals surface area contributed by atoms with E-state index in [1.807, 2.05) is 6.20 Å². The van der Waals surface area contributed by atoms with Crippen LogP contribution < -0.4 is 5.32 Å². The fourth-order valence-corrected chi connectivity index (χ4v) is 1.97. The Morgan fingerprint density at radius 3 is 2.95 bits per heavy atom. The van der Waals surface area contributed by atoms with Crippen LogP contribution >= 0.6 is 0 Å². The number of aromatic amines is 1. The molecular formula is C13H15N3O3. The lowest BCUT2D eigenvalue weighted by molar-refractivity contribution is -0.384. The molecule has 0 aliphatic heterocycles. The van der Waals surface area contributed by atoms with Crippen molar-refractivity contribution in [2.45, 2.75) is 13.3 Å². The van der Waals surface area contributed by atoms with Crippen LogP contribution in [0.25, 0.3) is 10.9 Å². The van der Waals surface area contributed by atoms with Crippen molar-refractivity contribution in [1.82, 2.24) is 10.3 Å². The molecule has 0 saturated carbocycles. The topological polar surface area (TPSA) is 88.0 Å². The minimum Gasteiger partial charge on any atom is -0.361 e. The van der Waals surface area contributed by atoms with Crippen molar-refractivity contribution < 1.29 is 9.72 Å². The van der Waals surface area contributed by atoms with Crippen LogP contribution in [0.2, 0.25) is 0 Å². The number of nitro groups is 1. The van der Waals surface area contributed by atoms with E-state index < -0.39 is 4.92 Å². The fourth-order valence-electron chi connectivity index (χ4n) is 1.97. The molecule has 6 nitrogen and oxygen atoms in total. The molecule has 0 atom stereocenters. The molecule has 0 fully saturated rings. The van der Waals surface area contributed by atoms with Gasteiger partial charge < -0.3 is 10.3 Å². The average molecular weight is 261 g/mol. The summed E-state index contributed by atoms with van der Waals surface area (Å²) in [6, 6.07) is 4.77. The van der Waals surface area contributed by atoms with Crippen LogP contribution in [0.1, 0.15) is 12.5 Å². The van der Waals surface area contributed by atoms with Crippen LogP contribution in [0, 0.1) is 10.1 Å². The van der Waals surface area contributed by atoms with Gasteiger partial charge in [-0.3, -0.25) is 14.9 Å². The third kappa shape index (κ3) is 3.17. The number of hydrogen-bond acceptors (Lipinski definition) is 4. The predicted molar refractivity (Wildman–Crippen MR) is 72.2 cm³/mol. The van der Waals surface area contributed by atoms with Crippen LogP contribution in [-0.4, -0.2) is 28.8 Å². The van der Waals surface area contributed by atoms with E-state index in [9.17, 15) is 14.9 Å². The first-order valence-corrected chi connectivity index (χ1v) is 6.02. The zero-order valence-electron chi connectivity index (χ0n) is 10.6. The second-order valence-corrected chi connectivity index (χ2v) is 4.43. The minimum absolute atomic E-state index is 0.0880. The number of carbonyl (C=O) groups is 1. The molecule has 0 radical (unpaired) electrons. The van der Waals surface area contributed by atoms with Crippen LogP contribution in [0.4, 0.5) is 5.69 Å². The summed E-state index contributed by atoms with van der Waals surface area (Å²) < 4.78 is 0. The SMILES string of the molecule is CC(=O)CNCCc1c[nH]c2ccc([N+](=O)[O-])cc12. The van der Waals surface area contributed by atoms with Gasteiger partial charge in [-0.2, -0.15) is 0 Å². The van der Waals surface area contributed by atoms with E-state index in [0.717, 1.165) is 16.5 Å². The normalized spacial score (nSPS) is 10.8. The van der Waals surface area contributed by atoms with Gasteiger partial charge in [0.15, 0.2) is 0 Å². The molecule has 0 saturated heterocycles. The maximum atomic E-state index is 10.8. The Bertz CT molecular complexity index is 619. The highest BCUT2D eigenvalue weighted by atomic mass is 16.6. The van der Waals surface area contributed by atoms with E-state index in [1.54, 1.807) is 12.1 Å². The number of carbonyl (C=O) groups excluding carboxylic acids is 1. The van der Waals surface area contributed by atoms with Crippen molar-refractivity contribution in [2.24, 2.45) is 0 Å². The van der Waals surface area contributed by atoms with E-state index in [0.29, 0.717) is 19.5 Å². The quantitative estimate of drug-likeness (QED) is 0.471. The average Bonchev–Trinajstić information content (AvgIpc) is 2.76. The standard InChI is InChI=1S/C13H15N3O3/c1-9(17)7-14-5-4-10-8-15-13-3-2-11(16(18)19)6-12(10)13/h2-3,6,8,14-15H,4-5,7H2,1H3. The zero-order chi connectivity index (χ0) is 13.8. The van der Waals surface area contributed by atoms with E-state index in [2.05, 4.69) is 10.3 Å². The Kier molecular flexibility index (Phi) is 3.91. The fraction of sp³-hybridized carbons (Fsp3) is 0.308. The summed E-state index contributed by atoms with van der Waals surface area (Å²) in [4.78, 5) is 24.2. The highest BCUT2D eigenvalue weighted by Gasteiger charge is 2.10. The number of hydrogen-bond donors (Lipinski definition) is 2. The number of benzene rings is 1. The first-order valence-electron chi connectivity index (χ1n) is 6.02. The summed E-state index contributed by atoms with van der Waals surface area (Å²) in [7, 11) is 0. The Hall–Kier alpha value is -2.21. The largest absolute Gasteiger partial charge is 0.361 e.